The molecule has 1 aliphatic heterocycles. The summed E-state index contributed by atoms with van der Waals surface area (Å²) in [5, 5.41) is 0. The van der Waals surface area contributed by atoms with Gasteiger partial charge in [0.05, 0.1) is 6.26 Å². The molecule has 0 saturated heterocycles. The Morgan fingerprint density at radius 1 is 1.39 bits per heavy atom. The lowest BCUT2D eigenvalue weighted by molar-refractivity contribution is 0.0981. The van der Waals surface area contributed by atoms with Crippen molar-refractivity contribution in [3.63, 3.8) is 0 Å². The monoisotopic (exact) mass is 266 g/mol. The lowest BCUT2D eigenvalue weighted by atomic mass is 10.1. The van der Waals surface area contributed by atoms with Gasteiger partial charge in [0.1, 0.15) is 6.61 Å². The number of hydrogen-bond acceptors (Lipinski definition) is 3. The zero-order valence-corrected chi connectivity index (χ0v) is 11.0. The summed E-state index contributed by atoms with van der Waals surface area (Å²) in [5.74, 6) is 1.82. The van der Waals surface area contributed by atoms with Crippen molar-refractivity contribution in [1.29, 1.82) is 0 Å². The molecule has 2 rings (SSSR count). The molecule has 0 fully saturated rings. The Morgan fingerprint density at radius 2 is 2.22 bits per heavy atom. The molecular formula is C14H15ClO3. The number of benzene rings is 1. The topological polar surface area (TPSA) is 35.5 Å². The molecule has 1 aromatic rings. The normalized spacial score (nSPS) is 13.8. The van der Waals surface area contributed by atoms with Crippen LogP contribution in [0.1, 0.15) is 30.1 Å². The van der Waals surface area contributed by atoms with Gasteiger partial charge < -0.3 is 9.47 Å². The Bertz CT molecular complexity index is 480. The minimum atomic E-state index is 0.0759. The molecule has 1 aliphatic rings. The third-order valence-corrected chi connectivity index (χ3v) is 2.91. The molecule has 0 N–H and O–H groups in total. The van der Waals surface area contributed by atoms with Gasteiger partial charge in [0, 0.05) is 17.9 Å². The summed E-state index contributed by atoms with van der Waals surface area (Å²) >= 11 is 5.58. The largest absolute Gasteiger partial charge is 0.485 e. The van der Waals surface area contributed by atoms with Gasteiger partial charge in [0.15, 0.2) is 17.3 Å². The second-order valence-electron chi connectivity index (χ2n) is 4.25. The van der Waals surface area contributed by atoms with E-state index in [1.54, 1.807) is 24.5 Å². The van der Waals surface area contributed by atoms with E-state index in [0.29, 0.717) is 42.4 Å². The van der Waals surface area contributed by atoms with E-state index in [0.717, 1.165) is 5.57 Å². The number of carbonyl (C=O) groups excluding carboxylic acids is 1. The highest BCUT2D eigenvalue weighted by Gasteiger charge is 2.13. The third kappa shape index (κ3) is 3.05. The molecule has 0 aromatic heterocycles. The van der Waals surface area contributed by atoms with Gasteiger partial charge in [-0.25, -0.2) is 0 Å². The van der Waals surface area contributed by atoms with E-state index in [2.05, 4.69) is 0 Å². The quantitative estimate of drug-likeness (QED) is 0.617. The van der Waals surface area contributed by atoms with Gasteiger partial charge in [-0.1, -0.05) is 0 Å². The maximum absolute atomic E-state index is 11.9. The van der Waals surface area contributed by atoms with Gasteiger partial charge in [-0.2, -0.15) is 0 Å². The molecule has 3 nitrogen and oxygen atoms in total. The summed E-state index contributed by atoms with van der Waals surface area (Å²) in [7, 11) is 0. The minimum Gasteiger partial charge on any atom is -0.485 e. The van der Waals surface area contributed by atoms with Crippen LogP contribution in [0.15, 0.2) is 30.0 Å². The number of halogens is 1. The van der Waals surface area contributed by atoms with Gasteiger partial charge in [-0.15, -0.1) is 11.6 Å². The first kappa shape index (κ1) is 13.0. The van der Waals surface area contributed by atoms with Gasteiger partial charge in [0.2, 0.25) is 0 Å². The summed E-state index contributed by atoms with van der Waals surface area (Å²) in [4.78, 5) is 11.9. The van der Waals surface area contributed by atoms with E-state index in [-0.39, 0.29) is 5.78 Å². The molecule has 0 spiro atoms. The standard InChI is InChI=1S/C14H15ClO3/c1-10-8-17-13-5-4-11(7-14(13)18-9-10)12(16)3-2-6-15/h4-5,7,9H,2-3,6,8H2,1H3. The van der Waals surface area contributed by atoms with Crippen molar-refractivity contribution >= 4 is 17.4 Å². The molecule has 0 unspecified atom stereocenters. The molecule has 0 aliphatic carbocycles. The molecular weight excluding hydrogens is 252 g/mol. The molecule has 4 heteroatoms. The van der Waals surface area contributed by atoms with Crippen LogP contribution < -0.4 is 9.47 Å². The summed E-state index contributed by atoms with van der Waals surface area (Å²) < 4.78 is 11.0. The van der Waals surface area contributed by atoms with E-state index >= 15 is 0 Å². The SMILES string of the molecule is CC1=COc2cc(C(=O)CCCCl)ccc2OC1. The smallest absolute Gasteiger partial charge is 0.169 e. The first-order chi connectivity index (χ1) is 8.70. The van der Waals surface area contributed by atoms with Crippen molar-refractivity contribution in [2.45, 2.75) is 19.8 Å². The van der Waals surface area contributed by atoms with Gasteiger partial charge in [0.25, 0.3) is 0 Å². The number of ether oxygens (including phenoxy) is 2. The van der Waals surface area contributed by atoms with Crippen molar-refractivity contribution in [3.05, 3.63) is 35.6 Å². The number of hydrogen-bond donors (Lipinski definition) is 0. The second-order valence-corrected chi connectivity index (χ2v) is 4.63. The van der Waals surface area contributed by atoms with E-state index in [4.69, 9.17) is 21.1 Å². The molecule has 0 bridgehead atoms. The molecule has 1 heterocycles. The van der Waals surface area contributed by atoms with Crippen molar-refractivity contribution in [3.8, 4) is 11.5 Å². The van der Waals surface area contributed by atoms with E-state index in [1.807, 2.05) is 6.92 Å². The molecule has 0 saturated carbocycles. The zero-order chi connectivity index (χ0) is 13.0. The Kier molecular flexibility index (Phi) is 4.26. The van der Waals surface area contributed by atoms with Crippen LogP contribution in [0.25, 0.3) is 0 Å². The number of Topliss-reactive ketones (excluding diaryl/α,β-unsaturated/α-hetero) is 1. The molecule has 0 atom stereocenters. The molecule has 18 heavy (non-hydrogen) atoms. The lowest BCUT2D eigenvalue weighted by Crippen LogP contribution is -2.01. The fourth-order valence-corrected chi connectivity index (χ4v) is 1.79. The highest BCUT2D eigenvalue weighted by molar-refractivity contribution is 6.18. The Morgan fingerprint density at radius 3 is 3.00 bits per heavy atom. The summed E-state index contributed by atoms with van der Waals surface area (Å²) in [5.41, 5.74) is 1.64. The first-order valence-electron chi connectivity index (χ1n) is 5.89. The number of ketones is 1. The Hall–Kier alpha value is -1.48. The van der Waals surface area contributed by atoms with Gasteiger partial charge in [-0.3, -0.25) is 4.79 Å². The van der Waals surface area contributed by atoms with Crippen LogP contribution in [0.2, 0.25) is 0 Å². The maximum atomic E-state index is 11.9. The first-order valence-corrected chi connectivity index (χ1v) is 6.42. The summed E-state index contributed by atoms with van der Waals surface area (Å²) in [6.07, 6.45) is 2.80. The summed E-state index contributed by atoms with van der Waals surface area (Å²) in [6, 6.07) is 5.26. The predicted octanol–water partition coefficient (Wildman–Crippen LogP) is 3.56. The van der Waals surface area contributed by atoms with Gasteiger partial charge >= 0.3 is 0 Å². The Balaban J connectivity index is 2.18. The molecule has 1 aromatic carbocycles. The van der Waals surface area contributed by atoms with Crippen LogP contribution in [0.3, 0.4) is 0 Å². The lowest BCUT2D eigenvalue weighted by Gasteiger charge is -2.08. The molecule has 0 amide bonds. The average molecular weight is 267 g/mol. The van der Waals surface area contributed by atoms with Crippen LogP contribution in [-0.4, -0.2) is 18.3 Å². The van der Waals surface area contributed by atoms with Crippen molar-refractivity contribution in [2.24, 2.45) is 0 Å². The van der Waals surface area contributed by atoms with E-state index < -0.39 is 0 Å². The van der Waals surface area contributed by atoms with Gasteiger partial charge in [-0.05, 0) is 37.1 Å². The number of fused-ring (bicyclic) bond motifs is 1. The van der Waals surface area contributed by atoms with Crippen molar-refractivity contribution in [2.75, 3.05) is 12.5 Å². The fraction of sp³-hybridized carbons (Fsp3) is 0.357. The Labute approximate surface area is 111 Å². The zero-order valence-electron chi connectivity index (χ0n) is 10.2. The predicted molar refractivity (Wildman–Crippen MR) is 70.6 cm³/mol. The molecule has 96 valence electrons. The van der Waals surface area contributed by atoms with Crippen LogP contribution in [-0.2, 0) is 0 Å². The third-order valence-electron chi connectivity index (χ3n) is 2.65. The number of carbonyl (C=O) groups is 1. The average Bonchev–Trinajstić information content (AvgIpc) is 2.58. The fourth-order valence-electron chi connectivity index (χ4n) is 1.65. The van der Waals surface area contributed by atoms with E-state index in [9.17, 15) is 4.79 Å². The highest BCUT2D eigenvalue weighted by Crippen LogP contribution is 2.31. The van der Waals surface area contributed by atoms with Crippen molar-refractivity contribution < 1.29 is 14.3 Å². The maximum Gasteiger partial charge on any atom is 0.169 e. The van der Waals surface area contributed by atoms with Crippen LogP contribution in [0.5, 0.6) is 11.5 Å². The highest BCUT2D eigenvalue weighted by atomic mass is 35.5. The molecule has 0 radical (unpaired) electrons. The minimum absolute atomic E-state index is 0.0759. The van der Waals surface area contributed by atoms with E-state index in [1.165, 1.54) is 0 Å². The summed E-state index contributed by atoms with van der Waals surface area (Å²) in [6.45, 7) is 2.44. The van der Waals surface area contributed by atoms with Crippen LogP contribution >= 0.6 is 11.6 Å². The van der Waals surface area contributed by atoms with Crippen molar-refractivity contribution in [1.82, 2.24) is 0 Å². The second kappa shape index (κ2) is 5.91. The van der Waals surface area contributed by atoms with Crippen LogP contribution in [0, 0.1) is 0 Å². The van der Waals surface area contributed by atoms with Crippen LogP contribution in [0.4, 0.5) is 0 Å². The number of rotatable bonds is 4. The number of alkyl halides is 1.